The molecule has 1 atom stereocenters. The molecule has 0 spiro atoms. The Hall–Kier alpha value is -1.12. The zero-order valence-corrected chi connectivity index (χ0v) is 6.90. The summed E-state index contributed by atoms with van der Waals surface area (Å²) in [5.74, 6) is 0. The Morgan fingerprint density at radius 2 is 2.17 bits per heavy atom. The number of benzene rings is 1. The maximum absolute atomic E-state index is 8.97. The van der Waals surface area contributed by atoms with Gasteiger partial charge in [0.2, 0.25) is 0 Å². The van der Waals surface area contributed by atoms with Crippen LogP contribution in [0.25, 0.3) is 0 Å². The van der Waals surface area contributed by atoms with E-state index in [4.69, 9.17) is 10.8 Å². The van der Waals surface area contributed by atoms with Crippen LogP contribution in [0, 0.1) is 0 Å². The molecule has 3 N–H and O–H groups in total. The minimum Gasteiger partial charge on any atom is -0.392 e. The van der Waals surface area contributed by atoms with E-state index in [1.807, 2.05) is 24.3 Å². The third-order valence-electron chi connectivity index (χ3n) is 1.84. The van der Waals surface area contributed by atoms with Gasteiger partial charge in [0.1, 0.15) is 0 Å². The van der Waals surface area contributed by atoms with Crippen molar-refractivity contribution >= 4 is 0 Å². The van der Waals surface area contributed by atoms with Crippen molar-refractivity contribution in [2.45, 2.75) is 12.6 Å². The molecule has 0 aromatic heterocycles. The lowest BCUT2D eigenvalue weighted by atomic mass is 10.0. The lowest BCUT2D eigenvalue weighted by Gasteiger charge is -2.10. The average Bonchev–Trinajstić information content (AvgIpc) is 2.16. The van der Waals surface area contributed by atoms with Crippen LogP contribution in [-0.2, 0) is 6.61 Å². The first kappa shape index (κ1) is 8.97. The fourth-order valence-electron chi connectivity index (χ4n) is 1.13. The maximum Gasteiger partial charge on any atom is 0.0685 e. The first-order valence-corrected chi connectivity index (χ1v) is 3.86. The molecule has 0 aliphatic carbocycles. The smallest absolute Gasteiger partial charge is 0.0685 e. The highest BCUT2D eigenvalue weighted by Gasteiger charge is 2.05. The quantitative estimate of drug-likeness (QED) is 0.661. The van der Waals surface area contributed by atoms with Gasteiger partial charge in [-0.3, -0.25) is 0 Å². The molecule has 2 nitrogen and oxygen atoms in total. The molecule has 0 aliphatic heterocycles. The summed E-state index contributed by atoms with van der Waals surface area (Å²) in [6, 6.07) is 7.35. The topological polar surface area (TPSA) is 46.2 Å². The van der Waals surface area contributed by atoms with E-state index >= 15 is 0 Å². The van der Waals surface area contributed by atoms with E-state index in [1.165, 1.54) is 0 Å². The molecular weight excluding hydrogens is 150 g/mol. The van der Waals surface area contributed by atoms with E-state index in [0.717, 1.165) is 11.1 Å². The summed E-state index contributed by atoms with van der Waals surface area (Å²) in [7, 11) is 0. The van der Waals surface area contributed by atoms with Crippen molar-refractivity contribution in [1.82, 2.24) is 0 Å². The van der Waals surface area contributed by atoms with Crippen LogP contribution in [-0.4, -0.2) is 5.11 Å². The van der Waals surface area contributed by atoms with Gasteiger partial charge in [-0.25, -0.2) is 0 Å². The van der Waals surface area contributed by atoms with Crippen molar-refractivity contribution in [1.29, 1.82) is 0 Å². The van der Waals surface area contributed by atoms with Crippen molar-refractivity contribution < 1.29 is 5.11 Å². The number of rotatable bonds is 3. The summed E-state index contributed by atoms with van der Waals surface area (Å²) < 4.78 is 0. The second-order valence-electron chi connectivity index (χ2n) is 2.62. The molecule has 0 bridgehead atoms. The van der Waals surface area contributed by atoms with Crippen LogP contribution >= 0.6 is 0 Å². The van der Waals surface area contributed by atoms with Crippen LogP contribution in [0.1, 0.15) is 17.2 Å². The molecule has 0 aliphatic rings. The number of nitrogens with two attached hydrogens (primary N) is 1. The van der Waals surface area contributed by atoms with Crippen molar-refractivity contribution in [3.05, 3.63) is 48.0 Å². The lowest BCUT2D eigenvalue weighted by Crippen LogP contribution is -2.09. The monoisotopic (exact) mass is 163 g/mol. The van der Waals surface area contributed by atoms with Crippen LogP contribution in [0.15, 0.2) is 36.9 Å². The van der Waals surface area contributed by atoms with E-state index in [9.17, 15) is 0 Å². The fraction of sp³-hybridized carbons (Fsp3) is 0.200. The van der Waals surface area contributed by atoms with Crippen molar-refractivity contribution in [3.8, 4) is 0 Å². The van der Waals surface area contributed by atoms with Crippen LogP contribution in [0.5, 0.6) is 0 Å². The van der Waals surface area contributed by atoms with Crippen LogP contribution in [0.2, 0.25) is 0 Å². The first-order valence-electron chi connectivity index (χ1n) is 3.86. The second-order valence-corrected chi connectivity index (χ2v) is 2.62. The summed E-state index contributed by atoms with van der Waals surface area (Å²) in [4.78, 5) is 0. The van der Waals surface area contributed by atoms with Gasteiger partial charge in [0.15, 0.2) is 0 Å². The minimum absolute atomic E-state index is 0.0255. The molecule has 0 amide bonds. The van der Waals surface area contributed by atoms with Crippen molar-refractivity contribution in [2.24, 2.45) is 5.73 Å². The molecule has 0 fully saturated rings. The van der Waals surface area contributed by atoms with Crippen LogP contribution < -0.4 is 5.73 Å². The predicted octanol–water partition coefficient (Wildman–Crippen LogP) is 1.36. The van der Waals surface area contributed by atoms with Gasteiger partial charge in [-0.2, -0.15) is 0 Å². The van der Waals surface area contributed by atoms with Gasteiger partial charge in [0.25, 0.3) is 0 Å². The highest BCUT2D eigenvalue weighted by Crippen LogP contribution is 2.16. The van der Waals surface area contributed by atoms with Gasteiger partial charge in [0.05, 0.1) is 6.61 Å². The molecule has 0 radical (unpaired) electrons. The van der Waals surface area contributed by atoms with Crippen LogP contribution in [0.3, 0.4) is 0 Å². The van der Waals surface area contributed by atoms with Crippen molar-refractivity contribution in [3.63, 3.8) is 0 Å². The molecule has 0 heterocycles. The maximum atomic E-state index is 8.97. The molecule has 1 unspecified atom stereocenters. The number of hydrogen-bond donors (Lipinski definition) is 2. The van der Waals surface area contributed by atoms with Gasteiger partial charge >= 0.3 is 0 Å². The Kier molecular flexibility index (Phi) is 3.02. The van der Waals surface area contributed by atoms with Gasteiger partial charge < -0.3 is 10.8 Å². The van der Waals surface area contributed by atoms with E-state index in [1.54, 1.807) is 6.08 Å². The number of aliphatic hydroxyl groups is 1. The Morgan fingerprint density at radius 1 is 1.50 bits per heavy atom. The Balaban J connectivity index is 3.04. The zero-order valence-electron chi connectivity index (χ0n) is 6.90. The molecule has 2 heteroatoms. The first-order chi connectivity index (χ1) is 5.79. The highest BCUT2D eigenvalue weighted by atomic mass is 16.3. The molecular formula is C10H13NO. The molecule has 1 aromatic carbocycles. The molecule has 0 saturated heterocycles. The predicted molar refractivity (Wildman–Crippen MR) is 49.5 cm³/mol. The fourth-order valence-corrected chi connectivity index (χ4v) is 1.13. The molecule has 0 saturated carbocycles. The minimum atomic E-state index is -0.187. The highest BCUT2D eigenvalue weighted by molar-refractivity contribution is 5.31. The van der Waals surface area contributed by atoms with Gasteiger partial charge in [-0.15, -0.1) is 6.58 Å². The van der Waals surface area contributed by atoms with E-state index in [2.05, 4.69) is 6.58 Å². The summed E-state index contributed by atoms with van der Waals surface area (Å²) in [5, 5.41) is 8.97. The molecule has 1 rings (SSSR count). The largest absolute Gasteiger partial charge is 0.392 e. The molecule has 64 valence electrons. The lowest BCUT2D eigenvalue weighted by molar-refractivity contribution is 0.280. The summed E-state index contributed by atoms with van der Waals surface area (Å²) in [5.41, 5.74) is 7.55. The average molecular weight is 163 g/mol. The zero-order chi connectivity index (χ0) is 8.97. The van der Waals surface area contributed by atoms with Gasteiger partial charge in [-0.05, 0) is 11.1 Å². The third-order valence-corrected chi connectivity index (χ3v) is 1.84. The Morgan fingerprint density at radius 3 is 2.75 bits per heavy atom. The van der Waals surface area contributed by atoms with E-state index in [0.29, 0.717) is 0 Å². The molecule has 1 aromatic rings. The van der Waals surface area contributed by atoms with Crippen LogP contribution in [0.4, 0.5) is 0 Å². The Labute approximate surface area is 72.3 Å². The summed E-state index contributed by atoms with van der Waals surface area (Å²) in [6.45, 7) is 3.63. The molecule has 12 heavy (non-hydrogen) atoms. The van der Waals surface area contributed by atoms with E-state index in [-0.39, 0.29) is 12.6 Å². The second kappa shape index (κ2) is 4.04. The number of aliphatic hydroxyl groups excluding tert-OH is 1. The van der Waals surface area contributed by atoms with Gasteiger partial charge in [0, 0.05) is 6.04 Å². The SMILES string of the molecule is C=CC(N)c1ccccc1CO. The third kappa shape index (κ3) is 1.72. The Bertz CT molecular complexity index is 270. The number of hydrogen-bond acceptors (Lipinski definition) is 2. The van der Waals surface area contributed by atoms with E-state index < -0.39 is 0 Å². The standard InChI is InChI=1S/C10H13NO/c1-2-10(11)9-6-4-3-5-8(9)7-12/h2-6,10,12H,1,7,11H2. The van der Waals surface area contributed by atoms with Crippen molar-refractivity contribution in [2.75, 3.05) is 0 Å². The summed E-state index contributed by atoms with van der Waals surface area (Å²) in [6.07, 6.45) is 1.66. The summed E-state index contributed by atoms with van der Waals surface area (Å²) >= 11 is 0. The normalized spacial score (nSPS) is 12.5. The van der Waals surface area contributed by atoms with Gasteiger partial charge in [-0.1, -0.05) is 30.3 Å².